The maximum absolute atomic E-state index is 11.9. The molecular weight excluding hydrogens is 256 g/mol. The molecule has 0 aliphatic heterocycles. The third kappa shape index (κ3) is 7.42. The largest absolute Gasteiger partial charge is 0.481 e. The Kier molecular flexibility index (Phi) is 8.62. The van der Waals surface area contributed by atoms with Crippen molar-refractivity contribution >= 4 is 22.7 Å². The summed E-state index contributed by atoms with van der Waals surface area (Å²) < 4.78 is 16.9. The molecule has 0 radical (unpaired) electrons. The summed E-state index contributed by atoms with van der Waals surface area (Å²) in [6, 6.07) is 0. The second-order valence-corrected chi connectivity index (χ2v) is 6.24. The molecule has 18 heavy (non-hydrogen) atoms. The van der Waals surface area contributed by atoms with E-state index in [9.17, 15) is 13.8 Å². The van der Waals surface area contributed by atoms with Gasteiger partial charge in [-0.3, -0.25) is 13.8 Å². The fourth-order valence-electron chi connectivity index (χ4n) is 1.31. The molecule has 0 fully saturated rings. The molecule has 0 amide bonds. The number of ether oxygens (including phenoxy) is 1. The smallest absolute Gasteiger partial charge is 0.321 e. The van der Waals surface area contributed by atoms with Crippen molar-refractivity contribution in [2.45, 2.75) is 45.3 Å². The van der Waals surface area contributed by atoms with Gasteiger partial charge in [0.05, 0.1) is 6.61 Å². The van der Waals surface area contributed by atoms with Crippen LogP contribution in [0.2, 0.25) is 0 Å². The molecular formula is C12H22O5S. The summed E-state index contributed by atoms with van der Waals surface area (Å²) in [5.41, 5.74) is 0. The molecule has 0 aliphatic carbocycles. The highest BCUT2D eigenvalue weighted by atomic mass is 32.2. The highest BCUT2D eigenvalue weighted by Crippen LogP contribution is 2.08. The number of carboxylic acids is 1. The number of carboxylic acid groups (broad SMARTS) is 1. The minimum atomic E-state index is -1.36. The van der Waals surface area contributed by atoms with Crippen molar-refractivity contribution in [2.75, 3.05) is 12.4 Å². The lowest BCUT2D eigenvalue weighted by Crippen LogP contribution is -2.30. The van der Waals surface area contributed by atoms with E-state index >= 15 is 0 Å². The molecule has 0 saturated carbocycles. The van der Waals surface area contributed by atoms with Crippen LogP contribution >= 0.6 is 0 Å². The van der Waals surface area contributed by atoms with Crippen LogP contribution in [0.15, 0.2) is 0 Å². The number of hydrogen-bond acceptors (Lipinski definition) is 4. The zero-order valence-electron chi connectivity index (χ0n) is 11.2. The predicted molar refractivity (Wildman–Crippen MR) is 69.8 cm³/mol. The first-order chi connectivity index (χ1) is 8.38. The summed E-state index contributed by atoms with van der Waals surface area (Å²) >= 11 is 0. The summed E-state index contributed by atoms with van der Waals surface area (Å²) in [4.78, 5) is 22.0. The van der Waals surface area contributed by atoms with Crippen molar-refractivity contribution in [2.24, 2.45) is 5.92 Å². The van der Waals surface area contributed by atoms with Crippen molar-refractivity contribution in [3.8, 4) is 0 Å². The molecule has 0 spiro atoms. The second-order valence-electron chi connectivity index (χ2n) is 4.50. The zero-order chi connectivity index (χ0) is 14.1. The van der Waals surface area contributed by atoms with Crippen LogP contribution < -0.4 is 0 Å². The van der Waals surface area contributed by atoms with Crippen LogP contribution in [0.25, 0.3) is 0 Å². The number of hydrogen-bond donors (Lipinski definition) is 1. The maximum atomic E-state index is 11.9. The molecule has 0 aromatic carbocycles. The Bertz CT molecular complexity index is 301. The van der Waals surface area contributed by atoms with Crippen LogP contribution in [0.3, 0.4) is 0 Å². The molecule has 0 heterocycles. The molecule has 1 N–H and O–H groups in total. The molecule has 106 valence electrons. The number of carbonyl (C=O) groups excluding carboxylic acids is 1. The molecule has 5 nitrogen and oxygen atoms in total. The number of esters is 1. The lowest BCUT2D eigenvalue weighted by molar-refractivity contribution is -0.144. The minimum Gasteiger partial charge on any atom is -0.481 e. The van der Waals surface area contributed by atoms with Crippen molar-refractivity contribution in [1.82, 2.24) is 0 Å². The van der Waals surface area contributed by atoms with Crippen LogP contribution in [-0.2, 0) is 25.1 Å². The topological polar surface area (TPSA) is 80.7 Å². The van der Waals surface area contributed by atoms with Gasteiger partial charge in [0.15, 0.2) is 0 Å². The van der Waals surface area contributed by atoms with Crippen molar-refractivity contribution in [3.63, 3.8) is 0 Å². The monoisotopic (exact) mass is 278 g/mol. The van der Waals surface area contributed by atoms with E-state index in [-0.39, 0.29) is 18.1 Å². The minimum absolute atomic E-state index is 0.0246. The molecule has 2 unspecified atom stereocenters. The van der Waals surface area contributed by atoms with Gasteiger partial charge in [-0.2, -0.15) is 0 Å². The van der Waals surface area contributed by atoms with Crippen molar-refractivity contribution in [1.29, 1.82) is 0 Å². The molecule has 0 aromatic heterocycles. The third-order valence-corrected chi connectivity index (χ3v) is 4.10. The maximum Gasteiger partial charge on any atom is 0.321 e. The van der Waals surface area contributed by atoms with Gasteiger partial charge in [-0.15, -0.1) is 0 Å². The van der Waals surface area contributed by atoms with E-state index in [1.807, 2.05) is 13.8 Å². The van der Waals surface area contributed by atoms with E-state index in [0.717, 1.165) is 0 Å². The first-order valence-electron chi connectivity index (χ1n) is 6.14. The number of carbonyl (C=O) groups is 2. The first-order valence-corrected chi connectivity index (χ1v) is 7.52. The van der Waals surface area contributed by atoms with Gasteiger partial charge >= 0.3 is 11.9 Å². The Labute approximate surface area is 110 Å². The molecule has 0 bridgehead atoms. The van der Waals surface area contributed by atoms with Crippen LogP contribution in [0.5, 0.6) is 0 Å². The molecule has 0 aliphatic rings. The Balaban J connectivity index is 4.17. The van der Waals surface area contributed by atoms with Crippen molar-refractivity contribution < 1.29 is 23.6 Å². The van der Waals surface area contributed by atoms with Gasteiger partial charge in [0, 0.05) is 23.0 Å². The highest BCUT2D eigenvalue weighted by molar-refractivity contribution is 7.86. The molecule has 0 aromatic rings. The highest BCUT2D eigenvalue weighted by Gasteiger charge is 2.24. The lowest BCUT2D eigenvalue weighted by Gasteiger charge is -2.14. The standard InChI is InChI=1S/C12H22O5S/c1-4-10(12(15)17-8-9(2)3)18(16)7-5-6-11(13)14/h9-10H,4-8H2,1-3H3,(H,13,14). The van der Waals surface area contributed by atoms with Crippen LogP contribution in [-0.4, -0.2) is 38.9 Å². The van der Waals surface area contributed by atoms with E-state index < -0.39 is 28.0 Å². The molecule has 0 rings (SSSR count). The summed E-state index contributed by atoms with van der Waals surface area (Å²) in [5.74, 6) is -0.893. The Hall–Kier alpha value is -0.910. The van der Waals surface area contributed by atoms with Crippen LogP contribution in [0.1, 0.15) is 40.0 Å². The molecule has 6 heteroatoms. The summed E-state index contributed by atoms with van der Waals surface area (Å²) in [7, 11) is -1.36. The first kappa shape index (κ1) is 17.1. The van der Waals surface area contributed by atoms with Gasteiger partial charge in [0.1, 0.15) is 5.25 Å². The summed E-state index contributed by atoms with van der Waals surface area (Å²) in [5, 5.41) is 7.84. The normalized spacial score (nSPS) is 14.2. The number of aliphatic carboxylic acids is 1. The van der Waals surface area contributed by atoms with E-state index in [0.29, 0.717) is 19.4 Å². The van der Waals surface area contributed by atoms with E-state index in [1.165, 1.54) is 0 Å². The predicted octanol–water partition coefficient (Wildman–Crippen LogP) is 1.58. The van der Waals surface area contributed by atoms with Gasteiger partial charge in [-0.05, 0) is 18.8 Å². The van der Waals surface area contributed by atoms with E-state index in [2.05, 4.69) is 0 Å². The lowest BCUT2D eigenvalue weighted by atomic mass is 10.2. The molecule has 2 atom stereocenters. The summed E-state index contributed by atoms with van der Waals surface area (Å²) in [6.45, 7) is 5.95. The fraction of sp³-hybridized carbons (Fsp3) is 0.833. The van der Waals surface area contributed by atoms with E-state index in [1.54, 1.807) is 6.92 Å². The second kappa shape index (κ2) is 9.08. The Morgan fingerprint density at radius 3 is 2.39 bits per heavy atom. The Morgan fingerprint density at radius 2 is 1.94 bits per heavy atom. The van der Waals surface area contributed by atoms with Gasteiger partial charge in [-0.25, -0.2) is 0 Å². The molecule has 0 saturated heterocycles. The summed E-state index contributed by atoms with van der Waals surface area (Å²) in [6.07, 6.45) is 0.732. The zero-order valence-corrected chi connectivity index (χ0v) is 12.0. The van der Waals surface area contributed by atoms with Gasteiger partial charge in [-0.1, -0.05) is 20.8 Å². The SMILES string of the molecule is CCC(C(=O)OCC(C)C)S(=O)CCCC(=O)O. The van der Waals surface area contributed by atoms with Gasteiger partial charge in [0.25, 0.3) is 0 Å². The van der Waals surface area contributed by atoms with Crippen LogP contribution in [0.4, 0.5) is 0 Å². The number of rotatable bonds is 9. The third-order valence-electron chi connectivity index (χ3n) is 2.25. The van der Waals surface area contributed by atoms with E-state index in [4.69, 9.17) is 9.84 Å². The quantitative estimate of drug-likeness (QED) is 0.648. The average molecular weight is 278 g/mol. The fourth-order valence-corrected chi connectivity index (χ4v) is 2.68. The van der Waals surface area contributed by atoms with Crippen molar-refractivity contribution in [3.05, 3.63) is 0 Å². The van der Waals surface area contributed by atoms with Gasteiger partial charge in [0.2, 0.25) is 0 Å². The van der Waals surface area contributed by atoms with Gasteiger partial charge < -0.3 is 9.84 Å². The van der Waals surface area contributed by atoms with Crippen LogP contribution in [0, 0.1) is 5.92 Å². The average Bonchev–Trinajstić information content (AvgIpc) is 2.26. The Morgan fingerprint density at radius 1 is 1.33 bits per heavy atom.